The first-order chi connectivity index (χ1) is 31.7. The summed E-state index contributed by atoms with van der Waals surface area (Å²) in [6, 6.07) is 86.5. The number of fused-ring (bicyclic) bond motifs is 2. The van der Waals surface area contributed by atoms with E-state index in [1.54, 1.807) is 0 Å². The van der Waals surface area contributed by atoms with Gasteiger partial charge in [0, 0.05) is 0 Å². The Kier molecular flexibility index (Phi) is 7.49. The van der Waals surface area contributed by atoms with Crippen LogP contribution in [0.15, 0.2) is 231 Å². The van der Waals surface area contributed by atoms with Gasteiger partial charge in [0.25, 0.3) is 0 Å². The summed E-state index contributed by atoms with van der Waals surface area (Å²) in [5.74, 6) is 0. The van der Waals surface area contributed by atoms with E-state index in [0.717, 1.165) is 0 Å². The normalized spacial score (nSPS) is 12.1. The van der Waals surface area contributed by atoms with Gasteiger partial charge >= 0.3 is 0 Å². The first kappa shape index (κ1) is 35.3. The summed E-state index contributed by atoms with van der Waals surface area (Å²) in [7, 11) is 0. The van der Waals surface area contributed by atoms with Crippen LogP contribution in [-0.4, -0.2) is 0 Å². The van der Waals surface area contributed by atoms with E-state index in [1.165, 1.54) is 142 Å². The van der Waals surface area contributed by atoms with Crippen LogP contribution in [0.25, 0.3) is 142 Å². The smallest absolute Gasteiger partial charge is 0.00206 e. The van der Waals surface area contributed by atoms with Gasteiger partial charge in [0.15, 0.2) is 0 Å². The summed E-state index contributed by atoms with van der Waals surface area (Å²) in [4.78, 5) is 0. The Hall–Kier alpha value is -8.32. The summed E-state index contributed by atoms with van der Waals surface area (Å²) in [6.07, 6.45) is 0. The zero-order chi connectivity index (χ0) is 41.9. The minimum Gasteiger partial charge on any atom is -0.0622 e. The van der Waals surface area contributed by atoms with E-state index < -0.39 is 0 Å². The molecule has 0 aromatic heterocycles. The van der Waals surface area contributed by atoms with Crippen molar-refractivity contribution in [2.24, 2.45) is 0 Å². The van der Waals surface area contributed by atoms with E-state index >= 15 is 0 Å². The maximum Gasteiger partial charge on any atom is -0.00206 e. The zero-order valence-electron chi connectivity index (χ0n) is 34.9. The van der Waals surface area contributed by atoms with E-state index in [-0.39, 0.29) is 0 Å². The maximum absolute atomic E-state index is 2.48. The number of rotatable bonds is 5. The fourth-order valence-electron chi connectivity index (χ4n) is 11.2. The molecular formula is C64H38. The van der Waals surface area contributed by atoms with Crippen molar-refractivity contribution in [3.8, 4) is 55.6 Å². The van der Waals surface area contributed by atoms with Crippen LogP contribution < -0.4 is 0 Å². The fraction of sp³-hybridized carbons (Fsp3) is 0. The molecule has 14 rings (SSSR count). The van der Waals surface area contributed by atoms with E-state index in [2.05, 4.69) is 231 Å². The average Bonchev–Trinajstić information content (AvgIpc) is 3.36. The Morgan fingerprint density at radius 3 is 1.23 bits per heavy atom. The van der Waals surface area contributed by atoms with Gasteiger partial charge < -0.3 is 0 Å². The molecule has 0 nitrogen and oxygen atoms in total. The van der Waals surface area contributed by atoms with Crippen molar-refractivity contribution in [2.45, 2.75) is 0 Å². The van der Waals surface area contributed by atoms with Crippen LogP contribution in [0.5, 0.6) is 0 Å². The Morgan fingerprint density at radius 1 is 0.156 bits per heavy atom. The lowest BCUT2D eigenvalue weighted by atomic mass is 9.83. The standard InChI is InChI=1S/C64H38/c1-2-11-39(12-3-1)49-18-6-7-20-53(49)54-21-10-22-55-59(54)37-48(52-32-28-45-26-24-41-15-9-17-43-30-34-57(52)64(45)62(41)43)38-60(55)58-36-47(35-46-13-4-5-19-50(46)58)51-31-27-44-25-23-40-14-8-16-42-29-33-56(51)63(44)61(40)42/h1-38H. The molecule has 0 N–H and O–H groups in total. The van der Waals surface area contributed by atoms with Gasteiger partial charge in [-0.25, -0.2) is 0 Å². The van der Waals surface area contributed by atoms with Crippen LogP contribution in [-0.2, 0) is 0 Å². The van der Waals surface area contributed by atoms with Crippen molar-refractivity contribution < 1.29 is 0 Å². The second-order valence-corrected chi connectivity index (χ2v) is 17.5. The highest BCUT2D eigenvalue weighted by Gasteiger charge is 2.20. The van der Waals surface area contributed by atoms with Crippen molar-refractivity contribution in [3.63, 3.8) is 0 Å². The lowest BCUT2D eigenvalue weighted by molar-refractivity contribution is 1.59. The molecule has 0 unspecified atom stereocenters. The van der Waals surface area contributed by atoms with Gasteiger partial charge in [-0.1, -0.05) is 206 Å². The minimum atomic E-state index is 1.21. The predicted octanol–water partition coefficient (Wildman–Crippen LogP) is 18.1. The first-order valence-corrected chi connectivity index (χ1v) is 22.3. The lowest BCUT2D eigenvalue weighted by Gasteiger charge is -2.20. The van der Waals surface area contributed by atoms with Gasteiger partial charge in [-0.15, -0.1) is 0 Å². The third-order valence-electron chi connectivity index (χ3n) is 14.1. The molecule has 0 heteroatoms. The zero-order valence-corrected chi connectivity index (χ0v) is 34.9. The van der Waals surface area contributed by atoms with Crippen LogP contribution in [0.2, 0.25) is 0 Å². The highest BCUT2D eigenvalue weighted by Crippen LogP contribution is 2.47. The van der Waals surface area contributed by atoms with Gasteiger partial charge in [0.05, 0.1) is 0 Å². The number of benzene rings is 14. The Labute approximate surface area is 370 Å². The van der Waals surface area contributed by atoms with Crippen molar-refractivity contribution in [1.82, 2.24) is 0 Å². The second-order valence-electron chi connectivity index (χ2n) is 17.5. The monoisotopic (exact) mass is 806 g/mol. The van der Waals surface area contributed by atoms with Gasteiger partial charge in [-0.3, -0.25) is 0 Å². The molecule has 14 aromatic rings. The highest BCUT2D eigenvalue weighted by molar-refractivity contribution is 6.27. The quantitative estimate of drug-likeness (QED) is 0.152. The molecule has 0 radical (unpaired) electrons. The van der Waals surface area contributed by atoms with Crippen molar-refractivity contribution in [1.29, 1.82) is 0 Å². The largest absolute Gasteiger partial charge is 0.0622 e. The molecule has 0 bridgehead atoms. The molecule has 0 aliphatic rings. The summed E-state index contributed by atoms with van der Waals surface area (Å²) < 4.78 is 0. The second kappa shape index (κ2) is 13.6. The van der Waals surface area contributed by atoms with Gasteiger partial charge in [0.1, 0.15) is 0 Å². The molecule has 0 aliphatic carbocycles. The number of hydrogen-bond donors (Lipinski definition) is 0. The SMILES string of the molecule is c1ccc(-c2ccccc2-c2cccc3c(-c4cc(-c5ccc6ccc7cccc8ccc5c6c78)cc5ccccc45)cc(-c4ccc5ccc6cccc7ccc4c5c67)cc23)cc1. The van der Waals surface area contributed by atoms with Crippen molar-refractivity contribution in [3.05, 3.63) is 231 Å². The summed E-state index contributed by atoms with van der Waals surface area (Å²) >= 11 is 0. The molecule has 0 aliphatic heterocycles. The van der Waals surface area contributed by atoms with Gasteiger partial charge in [-0.05, 0) is 166 Å². The topological polar surface area (TPSA) is 0 Å². The summed E-state index contributed by atoms with van der Waals surface area (Å²) in [5, 5.41) is 20.5. The fourth-order valence-corrected chi connectivity index (χ4v) is 11.2. The molecule has 64 heavy (non-hydrogen) atoms. The molecule has 0 heterocycles. The molecule has 0 fully saturated rings. The Morgan fingerprint density at radius 2 is 0.594 bits per heavy atom. The Balaban J connectivity index is 1.09. The van der Waals surface area contributed by atoms with E-state index in [1.807, 2.05) is 0 Å². The lowest BCUT2D eigenvalue weighted by Crippen LogP contribution is -1.93. The minimum absolute atomic E-state index is 1.21. The van der Waals surface area contributed by atoms with Gasteiger partial charge in [0.2, 0.25) is 0 Å². The van der Waals surface area contributed by atoms with Crippen molar-refractivity contribution >= 4 is 86.2 Å². The molecule has 0 spiro atoms. The molecule has 14 aromatic carbocycles. The van der Waals surface area contributed by atoms with E-state index in [9.17, 15) is 0 Å². The van der Waals surface area contributed by atoms with Crippen LogP contribution in [0.3, 0.4) is 0 Å². The van der Waals surface area contributed by atoms with Crippen LogP contribution in [0, 0.1) is 0 Å². The molecular weight excluding hydrogens is 769 g/mol. The van der Waals surface area contributed by atoms with Crippen molar-refractivity contribution in [2.75, 3.05) is 0 Å². The Bertz CT molecular complexity index is 4140. The summed E-state index contributed by atoms with van der Waals surface area (Å²) in [6.45, 7) is 0. The molecule has 0 amide bonds. The summed E-state index contributed by atoms with van der Waals surface area (Å²) in [5.41, 5.74) is 12.3. The molecule has 0 saturated heterocycles. The number of hydrogen-bond acceptors (Lipinski definition) is 0. The predicted molar refractivity (Wildman–Crippen MR) is 276 cm³/mol. The maximum atomic E-state index is 2.48. The first-order valence-electron chi connectivity index (χ1n) is 22.3. The van der Waals surface area contributed by atoms with E-state index in [4.69, 9.17) is 0 Å². The van der Waals surface area contributed by atoms with E-state index in [0.29, 0.717) is 0 Å². The third-order valence-corrected chi connectivity index (χ3v) is 14.1. The van der Waals surface area contributed by atoms with Crippen LogP contribution in [0.1, 0.15) is 0 Å². The molecule has 0 saturated carbocycles. The van der Waals surface area contributed by atoms with Gasteiger partial charge in [-0.2, -0.15) is 0 Å². The molecule has 0 atom stereocenters. The van der Waals surface area contributed by atoms with Crippen LogP contribution >= 0.6 is 0 Å². The third kappa shape index (κ3) is 5.17. The molecule has 294 valence electrons. The van der Waals surface area contributed by atoms with Crippen LogP contribution in [0.4, 0.5) is 0 Å². The highest BCUT2D eigenvalue weighted by atomic mass is 14.2. The average molecular weight is 807 g/mol.